The number of fused-ring (bicyclic) bond motifs is 1. The molecule has 5 nitrogen and oxygen atoms in total. The molecule has 1 unspecified atom stereocenters. The fourth-order valence-corrected chi connectivity index (χ4v) is 4.40. The molecular weight excluding hydrogens is 336 g/mol. The van der Waals surface area contributed by atoms with Gasteiger partial charge in [-0.1, -0.05) is 36.9 Å². The molecule has 3 heterocycles. The highest BCUT2D eigenvalue weighted by molar-refractivity contribution is 5.72. The van der Waals surface area contributed by atoms with Crippen molar-refractivity contribution in [1.29, 1.82) is 0 Å². The van der Waals surface area contributed by atoms with Gasteiger partial charge in [-0.15, -0.1) is 0 Å². The summed E-state index contributed by atoms with van der Waals surface area (Å²) < 4.78 is 2.12. The molecule has 144 valence electrons. The van der Waals surface area contributed by atoms with E-state index < -0.39 is 0 Å². The van der Waals surface area contributed by atoms with Gasteiger partial charge in [0, 0.05) is 25.4 Å². The molecule has 27 heavy (non-hydrogen) atoms. The number of hydrogen-bond donors (Lipinski definition) is 2. The molecule has 1 saturated heterocycles. The fraction of sp³-hybridized carbons (Fsp3) is 0.500. The fourth-order valence-electron chi connectivity index (χ4n) is 4.40. The van der Waals surface area contributed by atoms with Crippen LogP contribution in [0.5, 0.6) is 0 Å². The summed E-state index contributed by atoms with van der Waals surface area (Å²) in [6.45, 7) is 11.1. The van der Waals surface area contributed by atoms with Crippen molar-refractivity contribution in [1.82, 2.24) is 14.7 Å². The highest BCUT2D eigenvalue weighted by atomic mass is 16.3. The minimum Gasteiger partial charge on any atom is -0.396 e. The van der Waals surface area contributed by atoms with E-state index in [0.717, 1.165) is 49.4 Å². The van der Waals surface area contributed by atoms with Crippen molar-refractivity contribution in [3.05, 3.63) is 54.2 Å². The Morgan fingerprint density at radius 2 is 1.96 bits per heavy atom. The van der Waals surface area contributed by atoms with Crippen molar-refractivity contribution in [2.45, 2.75) is 44.7 Å². The molecular formula is C22H30N4O. The maximum atomic E-state index is 9.39. The SMILES string of the molecule is C=C(c1cnn2c1NC(c1ccccc1)CC2(C)C)N1CCC(CO)CC1. The third-order valence-corrected chi connectivity index (χ3v) is 6.12. The van der Waals surface area contributed by atoms with Gasteiger partial charge in [0.1, 0.15) is 5.82 Å². The second-order valence-electron chi connectivity index (χ2n) is 8.50. The lowest BCUT2D eigenvalue weighted by molar-refractivity contribution is 0.162. The largest absolute Gasteiger partial charge is 0.396 e. The monoisotopic (exact) mass is 366 g/mol. The van der Waals surface area contributed by atoms with Crippen LogP contribution < -0.4 is 5.32 Å². The van der Waals surface area contributed by atoms with Crippen LogP contribution in [0.3, 0.4) is 0 Å². The Kier molecular flexibility index (Phi) is 4.72. The summed E-state index contributed by atoms with van der Waals surface area (Å²) in [5.41, 5.74) is 3.36. The molecule has 1 atom stereocenters. The summed E-state index contributed by atoms with van der Waals surface area (Å²) >= 11 is 0. The van der Waals surface area contributed by atoms with Gasteiger partial charge in [0.2, 0.25) is 0 Å². The van der Waals surface area contributed by atoms with Gasteiger partial charge in [0.15, 0.2) is 0 Å². The first-order valence-electron chi connectivity index (χ1n) is 9.94. The van der Waals surface area contributed by atoms with Crippen LogP contribution in [-0.2, 0) is 5.54 Å². The molecule has 1 aromatic heterocycles. The average Bonchev–Trinajstić information content (AvgIpc) is 3.13. The Bertz CT molecular complexity index is 803. The number of hydrogen-bond acceptors (Lipinski definition) is 4. The number of nitrogens with zero attached hydrogens (tertiary/aromatic N) is 3. The van der Waals surface area contributed by atoms with Crippen molar-refractivity contribution in [3.63, 3.8) is 0 Å². The van der Waals surface area contributed by atoms with Gasteiger partial charge in [-0.2, -0.15) is 5.10 Å². The Labute approximate surface area is 161 Å². The number of benzene rings is 1. The van der Waals surface area contributed by atoms with Crippen LogP contribution in [0.1, 0.15) is 50.3 Å². The van der Waals surface area contributed by atoms with Gasteiger partial charge in [0.05, 0.1) is 23.3 Å². The van der Waals surface area contributed by atoms with Gasteiger partial charge in [-0.25, -0.2) is 4.68 Å². The second-order valence-corrected chi connectivity index (χ2v) is 8.50. The van der Waals surface area contributed by atoms with Crippen molar-refractivity contribution in [2.75, 3.05) is 25.0 Å². The Hall–Kier alpha value is -2.27. The summed E-state index contributed by atoms with van der Waals surface area (Å²) in [5, 5.41) is 17.8. The first-order chi connectivity index (χ1) is 13.0. The minimum absolute atomic E-state index is 0.0660. The Balaban J connectivity index is 1.61. The van der Waals surface area contributed by atoms with E-state index in [1.807, 2.05) is 6.20 Å². The molecule has 2 aliphatic rings. The standard InChI is InChI=1S/C22H30N4O/c1-16(25-11-9-17(15-27)10-12-25)19-14-23-26-21(19)24-20(13-22(26,2)3)18-7-5-4-6-8-18/h4-8,14,17,20,24,27H,1,9-13,15H2,2-3H3. The number of nitrogens with one attached hydrogen (secondary N) is 1. The number of aliphatic hydroxyl groups is 1. The lowest BCUT2D eigenvalue weighted by Crippen LogP contribution is -2.38. The van der Waals surface area contributed by atoms with Crippen molar-refractivity contribution in [2.24, 2.45) is 5.92 Å². The number of aliphatic hydroxyl groups excluding tert-OH is 1. The van der Waals surface area contributed by atoms with E-state index >= 15 is 0 Å². The van der Waals surface area contributed by atoms with E-state index in [9.17, 15) is 5.11 Å². The van der Waals surface area contributed by atoms with Gasteiger partial charge >= 0.3 is 0 Å². The lowest BCUT2D eigenvalue weighted by Gasteiger charge is -2.39. The number of rotatable bonds is 4. The van der Waals surface area contributed by atoms with Gasteiger partial charge in [0.25, 0.3) is 0 Å². The van der Waals surface area contributed by atoms with E-state index in [1.165, 1.54) is 5.56 Å². The summed E-state index contributed by atoms with van der Waals surface area (Å²) in [5.74, 6) is 1.49. The van der Waals surface area contributed by atoms with E-state index in [-0.39, 0.29) is 18.2 Å². The van der Waals surface area contributed by atoms with Crippen LogP contribution >= 0.6 is 0 Å². The van der Waals surface area contributed by atoms with Crippen LogP contribution in [0.4, 0.5) is 5.82 Å². The van der Waals surface area contributed by atoms with Crippen LogP contribution in [0.25, 0.3) is 5.70 Å². The second kappa shape index (κ2) is 7.04. The van der Waals surface area contributed by atoms with Crippen LogP contribution in [0.2, 0.25) is 0 Å². The molecule has 2 aliphatic heterocycles. The molecule has 0 amide bonds. The topological polar surface area (TPSA) is 53.3 Å². The quantitative estimate of drug-likeness (QED) is 0.863. The van der Waals surface area contributed by atoms with E-state index in [4.69, 9.17) is 5.10 Å². The van der Waals surface area contributed by atoms with Crippen molar-refractivity contribution in [3.8, 4) is 0 Å². The predicted molar refractivity (Wildman–Crippen MR) is 109 cm³/mol. The number of likely N-dealkylation sites (tertiary alicyclic amines) is 1. The Morgan fingerprint density at radius 3 is 2.63 bits per heavy atom. The van der Waals surface area contributed by atoms with Gasteiger partial charge in [-0.3, -0.25) is 0 Å². The highest BCUT2D eigenvalue weighted by Crippen LogP contribution is 2.42. The molecule has 0 saturated carbocycles. The molecule has 0 spiro atoms. The summed E-state index contributed by atoms with van der Waals surface area (Å²) in [7, 11) is 0. The number of aromatic nitrogens is 2. The van der Waals surface area contributed by atoms with E-state index in [0.29, 0.717) is 5.92 Å². The lowest BCUT2D eigenvalue weighted by atomic mass is 9.89. The maximum Gasteiger partial charge on any atom is 0.134 e. The zero-order valence-corrected chi connectivity index (χ0v) is 16.4. The van der Waals surface area contributed by atoms with E-state index in [1.54, 1.807) is 0 Å². The molecule has 2 aromatic rings. The molecule has 0 radical (unpaired) electrons. The zero-order valence-electron chi connectivity index (χ0n) is 16.4. The van der Waals surface area contributed by atoms with Crippen LogP contribution in [0, 0.1) is 5.92 Å². The van der Waals surface area contributed by atoms with Gasteiger partial charge < -0.3 is 15.3 Å². The molecule has 0 bridgehead atoms. The number of anilines is 1. The first kappa shape index (κ1) is 18.1. The molecule has 2 N–H and O–H groups in total. The maximum absolute atomic E-state index is 9.39. The number of piperidine rings is 1. The Morgan fingerprint density at radius 1 is 1.26 bits per heavy atom. The molecule has 4 rings (SSSR count). The molecule has 1 fully saturated rings. The van der Waals surface area contributed by atoms with Crippen LogP contribution in [-0.4, -0.2) is 39.5 Å². The third-order valence-electron chi connectivity index (χ3n) is 6.12. The zero-order chi connectivity index (χ0) is 19.0. The summed E-state index contributed by atoms with van der Waals surface area (Å²) in [6, 6.07) is 10.9. The van der Waals surface area contributed by atoms with Gasteiger partial charge in [-0.05, 0) is 44.6 Å². The third kappa shape index (κ3) is 3.36. The normalized spacial score (nSPS) is 22.2. The predicted octanol–water partition coefficient (Wildman–Crippen LogP) is 3.85. The minimum atomic E-state index is -0.0660. The smallest absolute Gasteiger partial charge is 0.134 e. The first-order valence-corrected chi connectivity index (χ1v) is 9.94. The van der Waals surface area contributed by atoms with Crippen molar-refractivity contribution < 1.29 is 5.11 Å². The average molecular weight is 367 g/mol. The van der Waals surface area contributed by atoms with Crippen molar-refractivity contribution >= 4 is 11.5 Å². The summed E-state index contributed by atoms with van der Waals surface area (Å²) in [6.07, 6.45) is 4.98. The summed E-state index contributed by atoms with van der Waals surface area (Å²) in [4.78, 5) is 2.34. The van der Waals surface area contributed by atoms with Crippen LogP contribution in [0.15, 0.2) is 43.1 Å². The highest BCUT2D eigenvalue weighted by Gasteiger charge is 2.36. The molecule has 5 heteroatoms. The van der Waals surface area contributed by atoms with E-state index in [2.05, 4.69) is 65.7 Å². The molecule has 1 aromatic carbocycles. The molecule has 0 aliphatic carbocycles.